The topological polar surface area (TPSA) is 43.6 Å². The summed E-state index contributed by atoms with van der Waals surface area (Å²) in [5, 5.41) is 7.57. The highest BCUT2D eigenvalue weighted by Crippen LogP contribution is 2.52. The maximum absolute atomic E-state index is 5.23. The molecule has 0 spiro atoms. The van der Waals surface area contributed by atoms with Crippen molar-refractivity contribution in [2.75, 3.05) is 0 Å². The van der Waals surface area contributed by atoms with Crippen LogP contribution in [-0.2, 0) is 0 Å². The number of nitrogens with zero attached hydrogens (tertiary/aromatic N) is 4. The van der Waals surface area contributed by atoms with E-state index in [2.05, 4.69) is 156 Å². The first kappa shape index (κ1) is 29.6. The number of para-hydroxylation sites is 2. The number of hydrogen-bond acceptors (Lipinski definition) is 4. The van der Waals surface area contributed by atoms with Crippen molar-refractivity contribution in [3.05, 3.63) is 170 Å². The number of aromatic nitrogens is 4. The molecule has 3 heterocycles. The summed E-state index contributed by atoms with van der Waals surface area (Å²) in [5.41, 5.74) is 11.5. The first-order valence-corrected chi connectivity index (χ1v) is 19.0. The number of thiophene rings is 1. The molecule has 54 heavy (non-hydrogen) atoms. The minimum absolute atomic E-state index is 0.643. The molecule has 0 amide bonds. The molecule has 8 aromatic carbocycles. The van der Waals surface area contributed by atoms with Crippen LogP contribution >= 0.6 is 11.3 Å². The molecule has 0 fully saturated rings. The molecule has 250 valence electrons. The van der Waals surface area contributed by atoms with Crippen LogP contribution in [0.5, 0.6) is 0 Å². The van der Waals surface area contributed by atoms with E-state index in [-0.39, 0.29) is 0 Å². The van der Waals surface area contributed by atoms with Crippen molar-refractivity contribution >= 4 is 64.1 Å². The molecule has 0 atom stereocenters. The number of fused-ring (bicyclic) bond motifs is 10. The van der Waals surface area contributed by atoms with Gasteiger partial charge in [-0.05, 0) is 76.2 Å². The van der Waals surface area contributed by atoms with Gasteiger partial charge in [0, 0.05) is 58.7 Å². The van der Waals surface area contributed by atoms with Gasteiger partial charge in [0.05, 0.1) is 11.0 Å². The van der Waals surface area contributed by atoms with E-state index in [0.29, 0.717) is 17.5 Å². The van der Waals surface area contributed by atoms with Crippen LogP contribution in [-0.4, -0.2) is 19.5 Å². The highest BCUT2D eigenvalue weighted by Gasteiger charge is 2.24. The first-order chi connectivity index (χ1) is 26.8. The maximum Gasteiger partial charge on any atom is 0.164 e. The van der Waals surface area contributed by atoms with E-state index >= 15 is 0 Å². The second-order valence-corrected chi connectivity index (χ2v) is 15.0. The fourth-order valence-corrected chi connectivity index (χ4v) is 9.75. The van der Waals surface area contributed by atoms with Crippen LogP contribution < -0.4 is 0 Å². The van der Waals surface area contributed by atoms with Gasteiger partial charge in [0.2, 0.25) is 0 Å². The van der Waals surface area contributed by atoms with Crippen molar-refractivity contribution in [1.29, 1.82) is 0 Å². The van der Waals surface area contributed by atoms with Crippen LogP contribution in [0.4, 0.5) is 0 Å². The van der Waals surface area contributed by atoms with E-state index in [9.17, 15) is 0 Å². The Hall–Kier alpha value is -6.95. The third-order valence-corrected chi connectivity index (χ3v) is 12.2. The van der Waals surface area contributed by atoms with E-state index in [1.807, 2.05) is 29.5 Å². The van der Waals surface area contributed by atoms with Gasteiger partial charge in [-0.3, -0.25) is 0 Å². The number of hydrogen-bond donors (Lipinski definition) is 0. The standard InChI is InChI=1S/C49H28N4S/c1-3-12-29(13-4-1)47-50-48(52-49(51-47)31-22-24-36-35-18-9-10-21-42(35)53(43(36)27-31)32-14-5-2-6-15-32)30-23-25-44-39(26-30)41-28-40-34-17-8-7-16-33(34)37-19-11-20-38(45(37)40)46(41)54-44/h1-28H. The van der Waals surface area contributed by atoms with Gasteiger partial charge < -0.3 is 4.57 Å². The first-order valence-electron chi connectivity index (χ1n) is 18.2. The Labute approximate surface area is 314 Å². The van der Waals surface area contributed by atoms with Crippen molar-refractivity contribution in [2.45, 2.75) is 0 Å². The van der Waals surface area contributed by atoms with Gasteiger partial charge in [-0.25, -0.2) is 15.0 Å². The Balaban J connectivity index is 1.07. The zero-order valence-electron chi connectivity index (χ0n) is 28.9. The van der Waals surface area contributed by atoms with Gasteiger partial charge in [0.15, 0.2) is 17.5 Å². The van der Waals surface area contributed by atoms with Crippen LogP contribution in [0.2, 0.25) is 0 Å². The smallest absolute Gasteiger partial charge is 0.164 e. The second-order valence-electron chi connectivity index (χ2n) is 14.0. The summed E-state index contributed by atoms with van der Waals surface area (Å²) in [5.74, 6) is 1.95. The SMILES string of the molecule is c1ccc(-c2nc(-c3ccc4sc5c6cccc7c6c(cc5c4c3)-c3ccccc3-7)nc(-c3ccc4c5ccccc5n(-c5ccccc5)c4c3)n2)cc1. The number of rotatable bonds is 4. The van der Waals surface area contributed by atoms with Crippen molar-refractivity contribution in [2.24, 2.45) is 0 Å². The zero-order valence-corrected chi connectivity index (χ0v) is 29.7. The lowest BCUT2D eigenvalue weighted by molar-refractivity contribution is 1.07. The van der Waals surface area contributed by atoms with E-state index in [1.165, 1.54) is 69.5 Å². The van der Waals surface area contributed by atoms with Crippen molar-refractivity contribution in [3.8, 4) is 62.1 Å². The molecular weight excluding hydrogens is 677 g/mol. The normalized spacial score (nSPS) is 12.1. The molecule has 0 unspecified atom stereocenters. The average Bonchev–Trinajstić information content (AvgIpc) is 3.89. The van der Waals surface area contributed by atoms with E-state index in [4.69, 9.17) is 15.0 Å². The molecule has 0 aliphatic heterocycles. The summed E-state index contributed by atoms with van der Waals surface area (Å²) in [7, 11) is 0. The predicted molar refractivity (Wildman–Crippen MR) is 225 cm³/mol. The molecule has 12 rings (SSSR count). The predicted octanol–water partition coefficient (Wildman–Crippen LogP) is 13.1. The van der Waals surface area contributed by atoms with Crippen LogP contribution in [0.15, 0.2) is 170 Å². The summed E-state index contributed by atoms with van der Waals surface area (Å²) in [6.07, 6.45) is 0. The third kappa shape index (κ3) is 4.27. The lowest BCUT2D eigenvalue weighted by atomic mass is 9.99. The minimum atomic E-state index is 0.643. The Morgan fingerprint density at radius 2 is 0.981 bits per heavy atom. The third-order valence-electron chi connectivity index (χ3n) is 11.0. The summed E-state index contributed by atoms with van der Waals surface area (Å²) in [6, 6.07) is 60.6. The van der Waals surface area contributed by atoms with E-state index in [0.717, 1.165) is 27.9 Å². The summed E-state index contributed by atoms with van der Waals surface area (Å²) < 4.78 is 4.91. The van der Waals surface area contributed by atoms with Crippen LogP contribution in [0.25, 0.3) is 115 Å². The summed E-state index contributed by atoms with van der Waals surface area (Å²) in [6.45, 7) is 0. The van der Waals surface area contributed by atoms with Crippen molar-refractivity contribution in [1.82, 2.24) is 19.5 Å². The Morgan fingerprint density at radius 3 is 1.80 bits per heavy atom. The zero-order chi connectivity index (χ0) is 35.3. The van der Waals surface area contributed by atoms with Gasteiger partial charge >= 0.3 is 0 Å². The fraction of sp³-hybridized carbons (Fsp3) is 0. The quantitative estimate of drug-likeness (QED) is 0.183. The molecule has 0 saturated heterocycles. The molecule has 0 radical (unpaired) electrons. The second kappa shape index (κ2) is 11.3. The fourth-order valence-electron chi connectivity index (χ4n) is 8.55. The molecule has 11 aromatic rings. The molecule has 1 aliphatic carbocycles. The molecule has 5 heteroatoms. The minimum Gasteiger partial charge on any atom is -0.309 e. The van der Waals surface area contributed by atoms with Gasteiger partial charge in [0.1, 0.15) is 0 Å². The molecule has 0 saturated carbocycles. The highest BCUT2D eigenvalue weighted by atomic mass is 32.1. The largest absolute Gasteiger partial charge is 0.309 e. The van der Waals surface area contributed by atoms with Gasteiger partial charge in [0.25, 0.3) is 0 Å². The van der Waals surface area contributed by atoms with Gasteiger partial charge in [-0.15, -0.1) is 11.3 Å². The lowest BCUT2D eigenvalue weighted by Crippen LogP contribution is -2.00. The van der Waals surface area contributed by atoms with E-state index in [1.54, 1.807) is 0 Å². The number of benzene rings is 8. The average molecular weight is 705 g/mol. The summed E-state index contributed by atoms with van der Waals surface area (Å²) >= 11 is 1.87. The van der Waals surface area contributed by atoms with Crippen molar-refractivity contribution in [3.63, 3.8) is 0 Å². The Kier molecular flexibility index (Phi) is 6.18. The highest BCUT2D eigenvalue weighted by molar-refractivity contribution is 7.26. The van der Waals surface area contributed by atoms with Gasteiger partial charge in [-0.1, -0.05) is 121 Å². The molecule has 1 aliphatic rings. The lowest BCUT2D eigenvalue weighted by Gasteiger charge is -2.10. The van der Waals surface area contributed by atoms with Crippen LogP contribution in [0.3, 0.4) is 0 Å². The van der Waals surface area contributed by atoms with Crippen LogP contribution in [0, 0.1) is 0 Å². The monoisotopic (exact) mass is 704 g/mol. The molecule has 3 aromatic heterocycles. The van der Waals surface area contributed by atoms with Crippen LogP contribution in [0.1, 0.15) is 0 Å². The molecule has 0 bridgehead atoms. The maximum atomic E-state index is 5.23. The van der Waals surface area contributed by atoms with Gasteiger partial charge in [-0.2, -0.15) is 0 Å². The molecule has 4 nitrogen and oxygen atoms in total. The summed E-state index contributed by atoms with van der Waals surface area (Å²) in [4.78, 5) is 15.5. The van der Waals surface area contributed by atoms with E-state index < -0.39 is 0 Å². The Morgan fingerprint density at radius 1 is 0.370 bits per heavy atom. The Bertz CT molecular complexity index is 3320. The molecular formula is C49H28N4S. The van der Waals surface area contributed by atoms with Crippen molar-refractivity contribution < 1.29 is 0 Å². The molecule has 0 N–H and O–H groups in total.